The predicted molar refractivity (Wildman–Crippen MR) is 135 cm³/mol. The summed E-state index contributed by atoms with van der Waals surface area (Å²) in [7, 11) is 4.33. The lowest BCUT2D eigenvalue weighted by atomic mass is 10.0. The van der Waals surface area contributed by atoms with Crippen LogP contribution in [0.1, 0.15) is 20.8 Å². The molecule has 12 heteroatoms. The predicted octanol–water partition coefficient (Wildman–Crippen LogP) is 2.86. The number of carbonyl (C=O) groups is 1. The second kappa shape index (κ2) is 10.2. The van der Waals surface area contributed by atoms with Gasteiger partial charge in [0.05, 0.1) is 45.1 Å². The number of ether oxygens (including phenoxy) is 4. The number of amides is 1. The highest BCUT2D eigenvalue weighted by Gasteiger charge is 2.32. The van der Waals surface area contributed by atoms with E-state index in [2.05, 4.69) is 20.6 Å². The molecule has 2 atom stereocenters. The molecule has 11 nitrogen and oxygen atoms in total. The number of nitrogens with one attached hydrogen (secondary N) is 2. The number of alkyl carbamates (subject to hydrolysis) is 1. The number of aromatic nitrogens is 3. The number of halogens is 1. The molecule has 1 fully saturated rings. The van der Waals surface area contributed by atoms with Gasteiger partial charge in [0.1, 0.15) is 17.0 Å². The van der Waals surface area contributed by atoms with Gasteiger partial charge in [0.2, 0.25) is 5.95 Å². The zero-order valence-corrected chi connectivity index (χ0v) is 21.5. The van der Waals surface area contributed by atoms with Gasteiger partial charge in [0.15, 0.2) is 11.6 Å². The number of methoxy groups -OCH3 is 2. The summed E-state index contributed by atoms with van der Waals surface area (Å²) in [6.07, 6.45) is 0.986. The van der Waals surface area contributed by atoms with Crippen molar-refractivity contribution >= 4 is 23.1 Å². The summed E-state index contributed by atoms with van der Waals surface area (Å²) in [5.41, 5.74) is -0.590. The SMILES string of the molecule is COc1cc(OC)c(F)c(-c2cc3cnc(N[C@@H]4COC[C@@H]4NC(=O)OC(C)(C)C)nc3n(C)c2=O)c1. The van der Waals surface area contributed by atoms with Gasteiger partial charge in [-0.15, -0.1) is 0 Å². The maximum absolute atomic E-state index is 15.1. The van der Waals surface area contributed by atoms with Gasteiger partial charge >= 0.3 is 6.09 Å². The Balaban J connectivity index is 1.63. The molecular formula is C25H30FN5O6. The number of pyridine rings is 1. The second-order valence-electron chi connectivity index (χ2n) is 9.63. The van der Waals surface area contributed by atoms with Crippen molar-refractivity contribution in [3.05, 3.63) is 40.6 Å². The summed E-state index contributed by atoms with van der Waals surface area (Å²) in [5, 5.41) is 6.48. The van der Waals surface area contributed by atoms with E-state index in [1.54, 1.807) is 27.8 Å². The molecule has 4 rings (SSSR count). The fraction of sp³-hybridized carbons (Fsp3) is 0.440. The molecule has 0 spiro atoms. The quantitative estimate of drug-likeness (QED) is 0.510. The lowest BCUT2D eigenvalue weighted by Gasteiger charge is -2.24. The molecule has 37 heavy (non-hydrogen) atoms. The Morgan fingerprint density at radius 3 is 2.54 bits per heavy atom. The average molecular weight is 516 g/mol. The lowest BCUT2D eigenvalue weighted by molar-refractivity contribution is 0.0497. The minimum atomic E-state index is -0.677. The molecule has 2 aromatic heterocycles. The van der Waals surface area contributed by atoms with E-state index >= 15 is 4.39 Å². The smallest absolute Gasteiger partial charge is 0.408 e. The van der Waals surface area contributed by atoms with E-state index < -0.39 is 23.1 Å². The summed E-state index contributed by atoms with van der Waals surface area (Å²) in [5.74, 6) is -0.125. The highest BCUT2D eigenvalue weighted by molar-refractivity contribution is 5.82. The van der Waals surface area contributed by atoms with Crippen LogP contribution in [0.3, 0.4) is 0 Å². The molecule has 1 saturated heterocycles. The number of hydrogen-bond donors (Lipinski definition) is 2. The molecule has 0 radical (unpaired) electrons. The Morgan fingerprint density at radius 2 is 1.86 bits per heavy atom. The topological polar surface area (TPSA) is 126 Å². The van der Waals surface area contributed by atoms with Crippen LogP contribution in [-0.4, -0.2) is 65.7 Å². The molecule has 3 heterocycles. The standard InChI is InChI=1S/C25H30FN5O6/c1-25(2,3)37-24(33)29-18-12-36-11-17(18)28-23-27-10-13-7-16(22(32)31(4)21(13)30-23)15-8-14(34-5)9-19(35-6)20(15)26/h7-10,17-18H,11-12H2,1-6H3,(H,29,33)(H,27,28,30)/t17-,18+/m1/s1. The average Bonchev–Trinajstić information content (AvgIpc) is 3.26. The molecule has 1 aliphatic rings. The van der Waals surface area contributed by atoms with Crippen molar-refractivity contribution in [2.45, 2.75) is 38.5 Å². The van der Waals surface area contributed by atoms with Crippen molar-refractivity contribution in [2.75, 3.05) is 32.8 Å². The minimum absolute atomic E-state index is 0.0411. The van der Waals surface area contributed by atoms with Crippen LogP contribution < -0.4 is 25.7 Å². The zero-order valence-electron chi connectivity index (χ0n) is 21.5. The first-order valence-corrected chi connectivity index (χ1v) is 11.6. The van der Waals surface area contributed by atoms with E-state index in [0.717, 1.165) is 0 Å². The highest BCUT2D eigenvalue weighted by Crippen LogP contribution is 2.33. The fourth-order valence-electron chi connectivity index (χ4n) is 4.01. The van der Waals surface area contributed by atoms with E-state index in [9.17, 15) is 9.59 Å². The number of aryl methyl sites for hydroxylation is 1. The molecule has 2 N–H and O–H groups in total. The molecule has 0 aliphatic carbocycles. The summed E-state index contributed by atoms with van der Waals surface area (Å²) < 4.78 is 37.6. The Hall–Kier alpha value is -3.93. The van der Waals surface area contributed by atoms with Crippen LogP contribution in [0.4, 0.5) is 15.1 Å². The van der Waals surface area contributed by atoms with Gasteiger partial charge in [-0.25, -0.2) is 14.2 Å². The third-order valence-corrected chi connectivity index (χ3v) is 5.80. The molecule has 0 bridgehead atoms. The molecule has 1 aromatic carbocycles. The maximum atomic E-state index is 15.1. The highest BCUT2D eigenvalue weighted by atomic mass is 19.1. The number of benzene rings is 1. The second-order valence-corrected chi connectivity index (χ2v) is 9.63. The van der Waals surface area contributed by atoms with Crippen LogP contribution in [0, 0.1) is 5.82 Å². The summed E-state index contributed by atoms with van der Waals surface area (Å²) >= 11 is 0. The molecule has 3 aromatic rings. The van der Waals surface area contributed by atoms with E-state index in [1.807, 2.05) is 0 Å². The van der Waals surface area contributed by atoms with E-state index in [0.29, 0.717) is 30.0 Å². The minimum Gasteiger partial charge on any atom is -0.497 e. The van der Waals surface area contributed by atoms with Crippen molar-refractivity contribution in [2.24, 2.45) is 7.05 Å². The van der Waals surface area contributed by atoms with Gasteiger partial charge in [0.25, 0.3) is 5.56 Å². The van der Waals surface area contributed by atoms with Crippen molar-refractivity contribution in [3.63, 3.8) is 0 Å². The Labute approximate surface area is 212 Å². The molecular weight excluding hydrogens is 485 g/mol. The van der Waals surface area contributed by atoms with Gasteiger partial charge in [-0.05, 0) is 32.9 Å². The maximum Gasteiger partial charge on any atom is 0.408 e. The number of nitrogens with zero attached hydrogens (tertiary/aromatic N) is 3. The van der Waals surface area contributed by atoms with Crippen molar-refractivity contribution < 1.29 is 28.1 Å². The molecule has 1 amide bonds. The fourth-order valence-corrected chi connectivity index (χ4v) is 4.01. The van der Waals surface area contributed by atoms with Crippen LogP contribution in [0.5, 0.6) is 11.5 Å². The number of hydrogen-bond acceptors (Lipinski definition) is 9. The monoisotopic (exact) mass is 515 g/mol. The van der Waals surface area contributed by atoms with Crippen LogP contribution >= 0.6 is 0 Å². The first kappa shape index (κ1) is 26.1. The van der Waals surface area contributed by atoms with Crippen LogP contribution in [0.2, 0.25) is 0 Å². The number of anilines is 1. The van der Waals surface area contributed by atoms with Gasteiger partial charge in [-0.3, -0.25) is 9.36 Å². The zero-order chi connectivity index (χ0) is 26.9. The van der Waals surface area contributed by atoms with E-state index in [4.69, 9.17) is 18.9 Å². The number of fused-ring (bicyclic) bond motifs is 1. The van der Waals surface area contributed by atoms with Gasteiger partial charge < -0.3 is 29.6 Å². The summed E-state index contributed by atoms with van der Waals surface area (Å²) in [6.45, 7) is 5.96. The van der Waals surface area contributed by atoms with Crippen LogP contribution in [0.15, 0.2) is 29.2 Å². The van der Waals surface area contributed by atoms with Gasteiger partial charge in [0, 0.05) is 30.3 Å². The first-order chi connectivity index (χ1) is 17.5. The summed E-state index contributed by atoms with van der Waals surface area (Å²) in [4.78, 5) is 34.3. The van der Waals surface area contributed by atoms with E-state index in [-0.39, 0.29) is 34.9 Å². The molecule has 1 aliphatic heterocycles. The van der Waals surface area contributed by atoms with Crippen molar-refractivity contribution in [1.82, 2.24) is 19.9 Å². The number of rotatable bonds is 6. The molecule has 0 unspecified atom stereocenters. The molecule has 198 valence electrons. The normalized spacial score (nSPS) is 17.5. The first-order valence-electron chi connectivity index (χ1n) is 11.6. The van der Waals surface area contributed by atoms with Crippen molar-refractivity contribution in [1.29, 1.82) is 0 Å². The largest absolute Gasteiger partial charge is 0.497 e. The van der Waals surface area contributed by atoms with Crippen LogP contribution in [0.25, 0.3) is 22.2 Å². The van der Waals surface area contributed by atoms with Gasteiger partial charge in [-0.1, -0.05) is 0 Å². The lowest BCUT2D eigenvalue weighted by Crippen LogP contribution is -2.47. The number of carbonyl (C=O) groups excluding carboxylic acids is 1. The van der Waals surface area contributed by atoms with E-state index in [1.165, 1.54) is 43.2 Å². The summed E-state index contributed by atoms with van der Waals surface area (Å²) in [6, 6.07) is 3.69. The third-order valence-electron chi connectivity index (χ3n) is 5.80. The van der Waals surface area contributed by atoms with Crippen molar-refractivity contribution in [3.8, 4) is 22.6 Å². The third kappa shape index (κ3) is 5.58. The molecule has 0 saturated carbocycles. The van der Waals surface area contributed by atoms with Gasteiger partial charge in [-0.2, -0.15) is 4.98 Å². The Morgan fingerprint density at radius 1 is 1.14 bits per heavy atom. The Bertz CT molecular complexity index is 1390. The Kier molecular flexibility index (Phi) is 7.21. The van der Waals surface area contributed by atoms with Crippen LogP contribution in [-0.2, 0) is 16.5 Å².